The average molecular weight is 351 g/mol. The largest absolute Gasteiger partial charge is 0.465 e. The maximum Gasteiger partial charge on any atom is 0.339 e. The predicted molar refractivity (Wildman–Crippen MR) is 93.3 cm³/mol. The van der Waals surface area contributed by atoms with Gasteiger partial charge in [-0.15, -0.1) is 0 Å². The molecular weight excluding hydrogens is 326 g/mol. The Morgan fingerprint density at radius 1 is 1.08 bits per heavy atom. The molecule has 24 heavy (non-hydrogen) atoms. The number of anilines is 1. The number of methoxy groups -OCH3 is 1. The lowest BCUT2D eigenvalue weighted by Crippen LogP contribution is -2.26. The second-order valence-electron chi connectivity index (χ2n) is 6.67. The van der Waals surface area contributed by atoms with Crippen molar-refractivity contribution in [1.82, 2.24) is 0 Å². The molecule has 1 aliphatic heterocycles. The van der Waals surface area contributed by atoms with Gasteiger partial charge in [0.15, 0.2) is 9.84 Å². The van der Waals surface area contributed by atoms with E-state index in [1.165, 1.54) is 7.11 Å². The van der Waals surface area contributed by atoms with E-state index in [1.54, 1.807) is 12.1 Å². The fraction of sp³-hybridized carbons (Fsp3) is 0.611. The topological polar surface area (TPSA) is 63.7 Å². The van der Waals surface area contributed by atoms with Gasteiger partial charge < -0.3 is 9.64 Å². The predicted octanol–water partition coefficient (Wildman–Crippen LogP) is 3.18. The van der Waals surface area contributed by atoms with Crippen LogP contribution in [0.25, 0.3) is 0 Å². The Balaban J connectivity index is 2.00. The van der Waals surface area contributed by atoms with Crippen molar-refractivity contribution in [3.05, 3.63) is 23.8 Å². The molecule has 0 radical (unpaired) electrons. The van der Waals surface area contributed by atoms with E-state index >= 15 is 0 Å². The Kier molecular flexibility index (Phi) is 5.13. The third kappa shape index (κ3) is 3.29. The normalized spacial score (nSPS) is 19.5. The molecule has 0 N–H and O–H groups in total. The third-order valence-corrected chi connectivity index (χ3v) is 7.46. The lowest BCUT2D eigenvalue weighted by Gasteiger charge is -2.24. The molecule has 0 unspecified atom stereocenters. The van der Waals surface area contributed by atoms with Gasteiger partial charge in [-0.05, 0) is 43.9 Å². The van der Waals surface area contributed by atoms with Gasteiger partial charge in [0.2, 0.25) is 0 Å². The zero-order valence-electron chi connectivity index (χ0n) is 14.2. The second kappa shape index (κ2) is 7.13. The molecule has 132 valence electrons. The molecule has 1 saturated heterocycles. The number of carbonyl (C=O) groups excluding carboxylic acids is 1. The van der Waals surface area contributed by atoms with Crippen LogP contribution in [0.5, 0.6) is 0 Å². The summed E-state index contributed by atoms with van der Waals surface area (Å²) < 4.78 is 30.9. The van der Waals surface area contributed by atoms with Crippen LogP contribution in [0.1, 0.15) is 55.3 Å². The highest BCUT2D eigenvalue weighted by Gasteiger charge is 2.33. The Hall–Kier alpha value is -1.56. The van der Waals surface area contributed by atoms with Crippen LogP contribution in [0.3, 0.4) is 0 Å². The molecule has 6 heteroatoms. The van der Waals surface area contributed by atoms with E-state index < -0.39 is 15.8 Å². The molecule has 1 heterocycles. The highest BCUT2D eigenvalue weighted by molar-refractivity contribution is 7.92. The SMILES string of the molecule is COC(=O)c1cc(N2CCCC2)ccc1S(=O)(=O)C1CCCCC1. The van der Waals surface area contributed by atoms with E-state index in [9.17, 15) is 13.2 Å². The van der Waals surface area contributed by atoms with Gasteiger partial charge in [-0.25, -0.2) is 13.2 Å². The van der Waals surface area contributed by atoms with Crippen LogP contribution in [-0.2, 0) is 14.6 Å². The van der Waals surface area contributed by atoms with E-state index in [4.69, 9.17) is 4.74 Å². The smallest absolute Gasteiger partial charge is 0.339 e. The molecular formula is C18H25NO4S. The molecule has 0 bridgehead atoms. The summed E-state index contributed by atoms with van der Waals surface area (Å²) in [6, 6.07) is 5.12. The first-order chi connectivity index (χ1) is 11.5. The van der Waals surface area contributed by atoms with Gasteiger partial charge in [0.1, 0.15) is 0 Å². The van der Waals surface area contributed by atoms with E-state index in [2.05, 4.69) is 4.90 Å². The zero-order chi connectivity index (χ0) is 17.2. The standard InChI is InChI=1S/C18H25NO4S/c1-23-18(20)16-13-14(19-11-5-6-12-19)9-10-17(16)24(21,22)15-7-3-2-4-8-15/h9-10,13,15H,2-8,11-12H2,1H3. The summed E-state index contributed by atoms with van der Waals surface area (Å²) in [7, 11) is -2.21. The second-order valence-corrected chi connectivity index (χ2v) is 8.87. The summed E-state index contributed by atoms with van der Waals surface area (Å²) in [5, 5.41) is -0.382. The molecule has 0 amide bonds. The van der Waals surface area contributed by atoms with Crippen LogP contribution in [0.2, 0.25) is 0 Å². The van der Waals surface area contributed by atoms with Crippen molar-refractivity contribution in [2.45, 2.75) is 55.1 Å². The van der Waals surface area contributed by atoms with E-state index in [0.29, 0.717) is 12.8 Å². The van der Waals surface area contributed by atoms with E-state index in [0.717, 1.165) is 50.9 Å². The zero-order valence-corrected chi connectivity index (χ0v) is 15.0. The third-order valence-electron chi connectivity index (χ3n) is 5.14. The van der Waals surface area contributed by atoms with Crippen LogP contribution >= 0.6 is 0 Å². The van der Waals surface area contributed by atoms with Crippen molar-refractivity contribution in [2.24, 2.45) is 0 Å². The first-order valence-electron chi connectivity index (χ1n) is 8.75. The lowest BCUT2D eigenvalue weighted by molar-refractivity contribution is 0.0596. The van der Waals surface area contributed by atoms with Crippen molar-refractivity contribution in [3.8, 4) is 0 Å². The maximum absolute atomic E-state index is 13.0. The molecule has 5 nitrogen and oxygen atoms in total. The summed E-state index contributed by atoms with van der Waals surface area (Å²) >= 11 is 0. The van der Waals surface area contributed by atoms with Crippen LogP contribution < -0.4 is 4.90 Å². The summed E-state index contributed by atoms with van der Waals surface area (Å²) in [4.78, 5) is 14.5. The Morgan fingerprint density at radius 2 is 1.75 bits per heavy atom. The Bertz CT molecular complexity index is 702. The number of esters is 1. The van der Waals surface area contributed by atoms with Gasteiger partial charge in [-0.2, -0.15) is 0 Å². The number of hydrogen-bond acceptors (Lipinski definition) is 5. The number of carbonyl (C=O) groups is 1. The summed E-state index contributed by atoms with van der Waals surface area (Å²) in [6.45, 7) is 1.88. The molecule has 3 rings (SSSR count). The van der Waals surface area contributed by atoms with Crippen molar-refractivity contribution in [3.63, 3.8) is 0 Å². The van der Waals surface area contributed by atoms with Crippen molar-refractivity contribution in [1.29, 1.82) is 0 Å². The summed E-state index contributed by atoms with van der Waals surface area (Å²) in [6.07, 6.45) is 6.55. The number of hydrogen-bond donors (Lipinski definition) is 0. The van der Waals surface area contributed by atoms with E-state index in [1.807, 2.05) is 6.07 Å². The van der Waals surface area contributed by atoms with Crippen LogP contribution in [0.15, 0.2) is 23.1 Å². The molecule has 2 fully saturated rings. The minimum absolute atomic E-state index is 0.129. The minimum Gasteiger partial charge on any atom is -0.465 e. The summed E-state index contributed by atoms with van der Waals surface area (Å²) in [5.74, 6) is -0.578. The first-order valence-corrected chi connectivity index (χ1v) is 10.3. The molecule has 2 aliphatic rings. The maximum atomic E-state index is 13.0. The number of benzene rings is 1. The van der Waals surface area contributed by atoms with Crippen molar-refractivity contribution >= 4 is 21.5 Å². The first kappa shape index (κ1) is 17.3. The minimum atomic E-state index is -3.51. The van der Waals surface area contributed by atoms with Gasteiger partial charge in [0.25, 0.3) is 0 Å². The highest BCUT2D eigenvalue weighted by Crippen LogP contribution is 2.33. The molecule has 1 saturated carbocycles. The van der Waals surface area contributed by atoms with Gasteiger partial charge >= 0.3 is 5.97 Å². The molecule has 0 spiro atoms. The number of nitrogens with zero attached hydrogens (tertiary/aromatic N) is 1. The molecule has 1 aromatic carbocycles. The molecule has 1 aromatic rings. The molecule has 1 aliphatic carbocycles. The average Bonchev–Trinajstić information content (AvgIpc) is 3.16. The summed E-state index contributed by atoms with van der Waals surface area (Å²) in [5.41, 5.74) is 1.07. The monoisotopic (exact) mass is 351 g/mol. The quantitative estimate of drug-likeness (QED) is 0.780. The van der Waals surface area contributed by atoms with Crippen LogP contribution in [-0.4, -0.2) is 39.8 Å². The number of ether oxygens (including phenoxy) is 1. The fourth-order valence-corrected chi connectivity index (χ4v) is 5.78. The lowest BCUT2D eigenvalue weighted by atomic mass is 10.0. The van der Waals surface area contributed by atoms with Gasteiger partial charge in [0.05, 0.1) is 22.8 Å². The van der Waals surface area contributed by atoms with Gasteiger partial charge in [0, 0.05) is 18.8 Å². The number of sulfone groups is 1. The van der Waals surface area contributed by atoms with Crippen LogP contribution in [0.4, 0.5) is 5.69 Å². The van der Waals surface area contributed by atoms with Gasteiger partial charge in [-0.1, -0.05) is 19.3 Å². The van der Waals surface area contributed by atoms with E-state index in [-0.39, 0.29) is 15.7 Å². The highest BCUT2D eigenvalue weighted by atomic mass is 32.2. The van der Waals surface area contributed by atoms with Gasteiger partial charge in [-0.3, -0.25) is 0 Å². The fourth-order valence-electron chi connectivity index (χ4n) is 3.76. The van der Waals surface area contributed by atoms with Crippen molar-refractivity contribution in [2.75, 3.05) is 25.1 Å². The Labute approximate surface area is 143 Å². The Morgan fingerprint density at radius 3 is 2.38 bits per heavy atom. The molecule has 0 aromatic heterocycles. The number of rotatable bonds is 4. The van der Waals surface area contributed by atoms with Crippen molar-refractivity contribution < 1.29 is 17.9 Å². The van der Waals surface area contributed by atoms with Crippen LogP contribution in [0, 0.1) is 0 Å². The molecule has 0 atom stereocenters.